The molecule has 12 rings (SSSR count). The zero-order valence-electron chi connectivity index (χ0n) is 29.8. The fourth-order valence-corrected chi connectivity index (χ4v) is 8.31. The topological polar surface area (TPSA) is 77.8 Å². The van der Waals surface area contributed by atoms with Crippen molar-refractivity contribution in [1.82, 2.24) is 19.9 Å². The van der Waals surface area contributed by atoms with Crippen molar-refractivity contribution >= 4 is 76.1 Å². The van der Waals surface area contributed by atoms with Crippen LogP contribution in [0.5, 0.6) is 0 Å². The van der Waals surface area contributed by atoms with E-state index < -0.39 is 0 Å². The average Bonchev–Trinajstić information content (AvgIpc) is 3.88. The third kappa shape index (κ3) is 4.69. The molecule has 6 heteroatoms. The molecular formula is C50H28N4O2. The Labute approximate surface area is 319 Å². The van der Waals surface area contributed by atoms with Crippen LogP contribution in [0.1, 0.15) is 0 Å². The molecule has 0 saturated heterocycles. The second-order valence-corrected chi connectivity index (χ2v) is 14.2. The van der Waals surface area contributed by atoms with Crippen molar-refractivity contribution in [2.75, 3.05) is 0 Å². The van der Waals surface area contributed by atoms with Gasteiger partial charge >= 0.3 is 0 Å². The van der Waals surface area contributed by atoms with Gasteiger partial charge in [0.1, 0.15) is 16.7 Å². The van der Waals surface area contributed by atoms with Gasteiger partial charge in [0.15, 0.2) is 23.1 Å². The van der Waals surface area contributed by atoms with E-state index in [4.69, 9.17) is 28.8 Å². The lowest BCUT2D eigenvalue weighted by atomic mass is 9.93. The van der Waals surface area contributed by atoms with Gasteiger partial charge in [0, 0.05) is 43.8 Å². The number of fused-ring (bicyclic) bond motifs is 11. The Kier molecular flexibility index (Phi) is 6.53. The summed E-state index contributed by atoms with van der Waals surface area (Å²) in [4.78, 5) is 20.6. The zero-order valence-corrected chi connectivity index (χ0v) is 29.8. The predicted molar refractivity (Wildman–Crippen MR) is 226 cm³/mol. The molecule has 260 valence electrons. The van der Waals surface area contributed by atoms with Crippen LogP contribution in [0.2, 0.25) is 0 Å². The van der Waals surface area contributed by atoms with E-state index in [0.717, 1.165) is 98.4 Å². The van der Waals surface area contributed by atoms with Crippen LogP contribution < -0.4 is 0 Å². The highest BCUT2D eigenvalue weighted by Crippen LogP contribution is 2.41. The third-order valence-corrected chi connectivity index (χ3v) is 10.9. The van der Waals surface area contributed by atoms with E-state index in [0.29, 0.717) is 23.4 Å². The van der Waals surface area contributed by atoms with Crippen molar-refractivity contribution in [3.63, 3.8) is 0 Å². The van der Waals surface area contributed by atoms with E-state index in [9.17, 15) is 0 Å². The van der Waals surface area contributed by atoms with Crippen molar-refractivity contribution in [3.8, 4) is 45.6 Å². The van der Waals surface area contributed by atoms with Crippen LogP contribution in [0.3, 0.4) is 0 Å². The van der Waals surface area contributed by atoms with Crippen LogP contribution in [0.25, 0.3) is 122 Å². The maximum absolute atomic E-state index is 6.60. The molecule has 0 fully saturated rings. The Bertz CT molecular complexity index is 3540. The fourth-order valence-electron chi connectivity index (χ4n) is 8.31. The lowest BCUT2D eigenvalue weighted by molar-refractivity contribution is 0.623. The fraction of sp³-hybridized carbons (Fsp3) is 0. The quantitative estimate of drug-likeness (QED) is 0.169. The molecule has 6 nitrogen and oxygen atoms in total. The normalized spacial score (nSPS) is 11.9. The smallest absolute Gasteiger partial charge is 0.227 e. The van der Waals surface area contributed by atoms with E-state index in [1.165, 1.54) is 0 Å². The maximum Gasteiger partial charge on any atom is 0.227 e. The van der Waals surface area contributed by atoms with Crippen LogP contribution in [-0.4, -0.2) is 19.9 Å². The molecule has 56 heavy (non-hydrogen) atoms. The van der Waals surface area contributed by atoms with Crippen molar-refractivity contribution in [2.45, 2.75) is 0 Å². The molecule has 0 aliphatic carbocycles. The Hall–Kier alpha value is -7.70. The van der Waals surface area contributed by atoms with Gasteiger partial charge in [-0.3, -0.25) is 0 Å². The molecule has 0 radical (unpaired) electrons. The van der Waals surface area contributed by atoms with Crippen molar-refractivity contribution in [1.29, 1.82) is 0 Å². The summed E-state index contributed by atoms with van der Waals surface area (Å²) in [6.07, 6.45) is 0. The highest BCUT2D eigenvalue weighted by Gasteiger charge is 2.20. The lowest BCUT2D eigenvalue weighted by Crippen LogP contribution is -2.01. The molecule has 0 N–H and O–H groups in total. The van der Waals surface area contributed by atoms with Gasteiger partial charge in [-0.1, -0.05) is 133 Å². The summed E-state index contributed by atoms with van der Waals surface area (Å²) in [7, 11) is 0. The van der Waals surface area contributed by atoms with Crippen molar-refractivity contribution in [2.24, 2.45) is 0 Å². The maximum atomic E-state index is 6.60. The van der Waals surface area contributed by atoms with Gasteiger partial charge in [-0.05, 0) is 68.7 Å². The SMILES string of the molecule is c1ccc(-c2nc3ccc4ccc5ccc6c(-c7nc(-c8ccc9c(c8)oc8ccccc89)nc(-c8cccc9ccccc89)n7)cccc6c5c4c3o2)cc1. The summed E-state index contributed by atoms with van der Waals surface area (Å²) in [5.41, 5.74) is 6.86. The van der Waals surface area contributed by atoms with Crippen molar-refractivity contribution < 1.29 is 8.83 Å². The molecule has 0 amide bonds. The number of hydrogen-bond donors (Lipinski definition) is 0. The number of nitrogens with zero attached hydrogens (tertiary/aromatic N) is 4. The van der Waals surface area contributed by atoms with Crippen LogP contribution in [0, 0.1) is 0 Å². The molecule has 0 spiro atoms. The predicted octanol–water partition coefficient (Wildman–Crippen LogP) is 13.2. The second kappa shape index (κ2) is 11.9. The number of para-hydroxylation sites is 1. The molecule has 0 unspecified atom stereocenters. The highest BCUT2D eigenvalue weighted by molar-refractivity contribution is 6.27. The van der Waals surface area contributed by atoms with Gasteiger partial charge in [0.2, 0.25) is 5.89 Å². The average molecular weight is 717 g/mol. The number of oxazole rings is 1. The first-order chi connectivity index (χ1) is 27.7. The Morgan fingerprint density at radius 1 is 0.339 bits per heavy atom. The first-order valence-corrected chi connectivity index (χ1v) is 18.6. The lowest BCUT2D eigenvalue weighted by Gasteiger charge is -2.13. The van der Waals surface area contributed by atoms with E-state index in [1.807, 2.05) is 60.7 Å². The minimum absolute atomic E-state index is 0.570. The van der Waals surface area contributed by atoms with Crippen LogP contribution in [-0.2, 0) is 0 Å². The molecule has 9 aromatic carbocycles. The Morgan fingerprint density at radius 2 is 0.964 bits per heavy atom. The van der Waals surface area contributed by atoms with Gasteiger partial charge in [0.25, 0.3) is 0 Å². The summed E-state index contributed by atoms with van der Waals surface area (Å²) < 4.78 is 12.9. The largest absolute Gasteiger partial charge is 0.456 e. The van der Waals surface area contributed by atoms with Gasteiger partial charge < -0.3 is 8.83 Å². The Morgan fingerprint density at radius 3 is 1.84 bits per heavy atom. The summed E-state index contributed by atoms with van der Waals surface area (Å²) >= 11 is 0. The minimum atomic E-state index is 0.570. The minimum Gasteiger partial charge on any atom is -0.456 e. The number of benzene rings is 9. The molecule has 0 aliphatic rings. The first-order valence-electron chi connectivity index (χ1n) is 18.6. The van der Waals surface area contributed by atoms with Crippen LogP contribution in [0.15, 0.2) is 179 Å². The molecule has 0 aliphatic heterocycles. The monoisotopic (exact) mass is 716 g/mol. The third-order valence-electron chi connectivity index (χ3n) is 10.9. The summed E-state index contributed by atoms with van der Waals surface area (Å²) in [6.45, 7) is 0. The zero-order chi connectivity index (χ0) is 36.7. The van der Waals surface area contributed by atoms with Crippen LogP contribution in [0.4, 0.5) is 0 Å². The number of furan rings is 1. The Balaban J connectivity index is 1.12. The van der Waals surface area contributed by atoms with Crippen molar-refractivity contribution in [3.05, 3.63) is 170 Å². The summed E-state index contributed by atoms with van der Waals surface area (Å²) in [5, 5.41) is 10.8. The molecule has 3 aromatic heterocycles. The summed E-state index contributed by atoms with van der Waals surface area (Å²) in [5.74, 6) is 2.36. The van der Waals surface area contributed by atoms with Crippen LogP contribution >= 0.6 is 0 Å². The molecule has 12 aromatic rings. The molecule has 3 heterocycles. The van der Waals surface area contributed by atoms with Gasteiger partial charge in [-0.25, -0.2) is 19.9 Å². The molecular weight excluding hydrogens is 689 g/mol. The molecule has 0 saturated carbocycles. The standard InChI is InChI=1S/C50H28N4O2/c1-2-11-32(12-3-1)50-51-41-27-24-31-21-20-30-22-25-35-38(44(30)45(31)46(41)56-50)16-9-18-40(35)49-53-47(33-23-26-37-36-15-6-7-19-42(36)55-43(37)28-33)52-48(54-49)39-17-8-13-29-10-4-5-14-34(29)39/h1-28H. The number of aromatic nitrogens is 4. The number of rotatable bonds is 4. The van der Waals surface area contributed by atoms with E-state index in [2.05, 4.69) is 109 Å². The van der Waals surface area contributed by atoms with Gasteiger partial charge in [-0.2, -0.15) is 0 Å². The first kappa shape index (κ1) is 30.7. The molecule has 0 atom stereocenters. The highest BCUT2D eigenvalue weighted by atomic mass is 16.3. The second-order valence-electron chi connectivity index (χ2n) is 14.2. The van der Waals surface area contributed by atoms with E-state index in [-0.39, 0.29) is 0 Å². The van der Waals surface area contributed by atoms with E-state index >= 15 is 0 Å². The summed E-state index contributed by atoms with van der Waals surface area (Å²) in [6, 6.07) is 58.2. The molecule has 0 bridgehead atoms. The number of hydrogen-bond acceptors (Lipinski definition) is 6. The van der Waals surface area contributed by atoms with Gasteiger partial charge in [-0.15, -0.1) is 0 Å². The van der Waals surface area contributed by atoms with Gasteiger partial charge in [0.05, 0.1) is 0 Å². The van der Waals surface area contributed by atoms with E-state index in [1.54, 1.807) is 0 Å².